The van der Waals surface area contributed by atoms with Crippen LogP contribution in [0.3, 0.4) is 0 Å². The molecule has 1 heterocycles. The molecule has 2 rings (SSSR count). The Morgan fingerprint density at radius 2 is 2.04 bits per heavy atom. The number of pyridine rings is 1. The molecular formula is C17H16F3N3O2. The second-order valence-corrected chi connectivity index (χ2v) is 5.18. The van der Waals surface area contributed by atoms with Crippen molar-refractivity contribution in [2.24, 2.45) is 5.73 Å². The number of nitrogens with one attached hydrogen (secondary N) is 1. The van der Waals surface area contributed by atoms with Gasteiger partial charge < -0.3 is 15.8 Å². The van der Waals surface area contributed by atoms with Crippen molar-refractivity contribution in [1.29, 1.82) is 0 Å². The number of rotatable bonds is 7. The summed E-state index contributed by atoms with van der Waals surface area (Å²) in [7, 11) is 0. The van der Waals surface area contributed by atoms with Crippen LogP contribution in [0.2, 0.25) is 0 Å². The molecule has 2 aromatic rings. The van der Waals surface area contributed by atoms with Crippen molar-refractivity contribution in [3.05, 3.63) is 60.3 Å². The number of nitrogens with two attached hydrogens (primary N) is 1. The minimum Gasteiger partial charge on any atom is -0.484 e. The van der Waals surface area contributed by atoms with E-state index < -0.39 is 18.7 Å². The summed E-state index contributed by atoms with van der Waals surface area (Å²) in [6.45, 7) is 2.57. The highest BCUT2D eigenvalue weighted by atomic mass is 19.4. The first-order valence-electron chi connectivity index (χ1n) is 7.22. The molecule has 1 aromatic carbocycles. The number of nitrogens with zero attached hydrogens (tertiary/aromatic N) is 1. The Hall–Kier alpha value is -3.03. The van der Waals surface area contributed by atoms with E-state index in [1.807, 2.05) is 0 Å². The average molecular weight is 351 g/mol. The smallest absolute Gasteiger partial charge is 0.422 e. The van der Waals surface area contributed by atoms with Crippen molar-refractivity contribution < 1.29 is 22.7 Å². The van der Waals surface area contributed by atoms with Gasteiger partial charge in [-0.2, -0.15) is 13.2 Å². The van der Waals surface area contributed by atoms with Crippen LogP contribution in [0.25, 0.3) is 5.57 Å². The third-order valence-corrected chi connectivity index (χ3v) is 3.18. The van der Waals surface area contributed by atoms with Crippen molar-refractivity contribution in [3.63, 3.8) is 0 Å². The molecule has 0 saturated heterocycles. The number of aromatic nitrogens is 1. The van der Waals surface area contributed by atoms with Crippen molar-refractivity contribution in [2.75, 3.05) is 11.9 Å². The second kappa shape index (κ2) is 7.69. The highest BCUT2D eigenvalue weighted by molar-refractivity contribution is 6.17. The highest BCUT2D eigenvalue weighted by Crippen LogP contribution is 2.20. The monoisotopic (exact) mass is 351 g/mol. The van der Waals surface area contributed by atoms with Gasteiger partial charge in [0.05, 0.1) is 0 Å². The minimum atomic E-state index is -4.38. The first-order valence-corrected chi connectivity index (χ1v) is 7.22. The van der Waals surface area contributed by atoms with Crippen LogP contribution >= 0.6 is 0 Å². The molecule has 0 bridgehead atoms. The van der Waals surface area contributed by atoms with Gasteiger partial charge in [0, 0.05) is 23.9 Å². The summed E-state index contributed by atoms with van der Waals surface area (Å²) in [6, 6.07) is 9.62. The van der Waals surface area contributed by atoms with Crippen LogP contribution in [0.4, 0.5) is 19.0 Å². The van der Waals surface area contributed by atoms with Crippen molar-refractivity contribution in [1.82, 2.24) is 4.98 Å². The zero-order chi connectivity index (χ0) is 18.4. The number of benzene rings is 1. The van der Waals surface area contributed by atoms with Crippen molar-refractivity contribution >= 4 is 17.3 Å². The molecule has 5 nitrogen and oxygen atoms in total. The van der Waals surface area contributed by atoms with E-state index in [4.69, 9.17) is 10.5 Å². The highest BCUT2D eigenvalue weighted by Gasteiger charge is 2.28. The number of hydrogen-bond acceptors (Lipinski definition) is 4. The topological polar surface area (TPSA) is 77.2 Å². The van der Waals surface area contributed by atoms with Crippen LogP contribution in [0.1, 0.15) is 11.1 Å². The summed E-state index contributed by atoms with van der Waals surface area (Å²) >= 11 is 0. The van der Waals surface area contributed by atoms with E-state index in [0.717, 1.165) is 5.56 Å². The fourth-order valence-electron chi connectivity index (χ4n) is 1.92. The van der Waals surface area contributed by atoms with Crippen molar-refractivity contribution in [2.45, 2.75) is 12.7 Å². The summed E-state index contributed by atoms with van der Waals surface area (Å²) in [6.07, 6.45) is -2.92. The van der Waals surface area contributed by atoms with Gasteiger partial charge in [0.25, 0.3) is 0 Å². The van der Waals surface area contributed by atoms with E-state index in [2.05, 4.69) is 16.9 Å². The predicted octanol–water partition coefficient (Wildman–Crippen LogP) is 3.13. The van der Waals surface area contributed by atoms with Crippen LogP contribution in [-0.2, 0) is 11.3 Å². The predicted molar refractivity (Wildman–Crippen MR) is 87.8 cm³/mol. The Morgan fingerprint density at radius 3 is 2.64 bits per heavy atom. The van der Waals surface area contributed by atoms with Crippen molar-refractivity contribution in [3.8, 4) is 5.75 Å². The zero-order valence-electron chi connectivity index (χ0n) is 13.1. The molecule has 132 valence electrons. The number of ether oxygens (including phenoxy) is 1. The maximum absolute atomic E-state index is 12.2. The molecule has 1 aromatic heterocycles. The summed E-state index contributed by atoms with van der Waals surface area (Å²) in [4.78, 5) is 15.2. The number of carbonyl (C=O) groups excluding carboxylic acids is 1. The summed E-state index contributed by atoms with van der Waals surface area (Å²) in [5, 5.41) is 3.02. The molecule has 0 aliphatic heterocycles. The summed E-state index contributed by atoms with van der Waals surface area (Å²) < 4.78 is 41.2. The van der Waals surface area contributed by atoms with Crippen LogP contribution in [0.5, 0.6) is 5.75 Å². The average Bonchev–Trinajstić information content (AvgIpc) is 2.58. The number of primary amides is 1. The van der Waals surface area contributed by atoms with E-state index in [9.17, 15) is 18.0 Å². The lowest BCUT2D eigenvalue weighted by Crippen LogP contribution is -2.19. The molecule has 3 N–H and O–H groups in total. The van der Waals surface area contributed by atoms with Gasteiger partial charge >= 0.3 is 6.18 Å². The van der Waals surface area contributed by atoms with Gasteiger partial charge in [0.1, 0.15) is 11.6 Å². The Morgan fingerprint density at radius 1 is 1.28 bits per heavy atom. The fraction of sp³-hybridized carbons (Fsp3) is 0.176. The van der Waals surface area contributed by atoms with Gasteiger partial charge in [0.2, 0.25) is 5.91 Å². The van der Waals surface area contributed by atoms with Gasteiger partial charge in [-0.1, -0.05) is 18.7 Å². The Kier molecular flexibility index (Phi) is 5.63. The maximum atomic E-state index is 12.2. The lowest BCUT2D eigenvalue weighted by atomic mass is 10.1. The number of carbonyl (C=O) groups is 1. The molecule has 0 unspecified atom stereocenters. The number of halogens is 3. The van der Waals surface area contributed by atoms with Gasteiger partial charge in [-0.25, -0.2) is 4.98 Å². The molecule has 25 heavy (non-hydrogen) atoms. The van der Waals surface area contributed by atoms with Gasteiger partial charge in [-0.15, -0.1) is 0 Å². The second-order valence-electron chi connectivity index (χ2n) is 5.18. The van der Waals surface area contributed by atoms with E-state index in [-0.39, 0.29) is 11.3 Å². The van der Waals surface area contributed by atoms with E-state index >= 15 is 0 Å². The normalized spacial score (nSPS) is 11.0. The Balaban J connectivity index is 1.95. The first-order chi connectivity index (χ1) is 11.7. The first kappa shape index (κ1) is 18.3. The third-order valence-electron chi connectivity index (χ3n) is 3.18. The lowest BCUT2D eigenvalue weighted by Gasteiger charge is -2.11. The zero-order valence-corrected chi connectivity index (χ0v) is 13.1. The Bertz CT molecular complexity index is 758. The quantitative estimate of drug-likeness (QED) is 0.752. The van der Waals surface area contributed by atoms with Crippen LogP contribution in [0, 0.1) is 0 Å². The third kappa shape index (κ3) is 5.83. The molecule has 0 fully saturated rings. The SMILES string of the molecule is C=C(C(N)=O)c1ccc(NCc2cccc(OCC(F)(F)F)c2)nc1. The Labute approximate surface area is 142 Å². The minimum absolute atomic E-state index is 0.137. The van der Waals surface area contributed by atoms with Gasteiger partial charge in [0.15, 0.2) is 6.61 Å². The lowest BCUT2D eigenvalue weighted by molar-refractivity contribution is -0.153. The van der Waals surface area contributed by atoms with Crippen LogP contribution in [0.15, 0.2) is 49.2 Å². The molecule has 0 spiro atoms. The number of hydrogen-bond donors (Lipinski definition) is 2. The van der Waals surface area contributed by atoms with E-state index in [1.165, 1.54) is 18.3 Å². The molecule has 1 amide bonds. The molecule has 0 aliphatic rings. The largest absolute Gasteiger partial charge is 0.484 e. The fourth-order valence-corrected chi connectivity index (χ4v) is 1.92. The van der Waals surface area contributed by atoms with E-state index in [0.29, 0.717) is 17.9 Å². The number of anilines is 1. The van der Waals surface area contributed by atoms with Gasteiger partial charge in [-0.05, 0) is 29.8 Å². The molecule has 8 heteroatoms. The number of alkyl halides is 3. The van der Waals surface area contributed by atoms with E-state index in [1.54, 1.807) is 24.3 Å². The molecule has 0 aliphatic carbocycles. The molecular weight excluding hydrogens is 335 g/mol. The van der Waals surface area contributed by atoms with Gasteiger partial charge in [-0.3, -0.25) is 4.79 Å². The standard InChI is InChI=1S/C17H16F3N3O2/c1-11(16(21)24)13-5-6-15(23-9-13)22-8-12-3-2-4-14(7-12)25-10-17(18,19)20/h2-7,9H,1,8,10H2,(H2,21,24)(H,22,23). The van der Waals surface area contributed by atoms with Crippen LogP contribution in [-0.4, -0.2) is 23.7 Å². The number of amides is 1. The molecule has 0 atom stereocenters. The molecule has 0 radical (unpaired) electrons. The molecule has 0 saturated carbocycles. The summed E-state index contributed by atoms with van der Waals surface area (Å²) in [5.41, 5.74) is 6.55. The van der Waals surface area contributed by atoms with Crippen LogP contribution < -0.4 is 15.8 Å². The summed E-state index contributed by atoms with van der Waals surface area (Å²) in [5.74, 6) is 0.0403. The maximum Gasteiger partial charge on any atom is 0.422 e.